The van der Waals surface area contributed by atoms with E-state index in [9.17, 15) is 14.4 Å². The number of rotatable bonds is 12. The number of likely N-dealkylation sites (N-methyl/N-ethyl adjacent to an activating group) is 1. The third kappa shape index (κ3) is 6.99. The van der Waals surface area contributed by atoms with Crippen molar-refractivity contribution >= 4 is 18.0 Å². The maximum Gasteiger partial charge on any atom is 0.407 e. The summed E-state index contributed by atoms with van der Waals surface area (Å²) >= 11 is 0. The van der Waals surface area contributed by atoms with Crippen molar-refractivity contribution in [1.29, 1.82) is 0 Å². The molecule has 0 radical (unpaired) electrons. The standard InChI is InChI=1S/C31H32N6O5/c1-36(16-21-9-3-2-4-10-21)18-28(30(40)32-15-22-17-37(35-34-22)19-29(38)39)33-31(41)42-20-27-25-13-7-5-11-23(25)24-12-6-8-14-26(24)27/h2-14,17,27-28H,15-16,18-20H2,1H3,(H,32,40)(H,33,41)(H,38,39). The number of ether oxygens (including phenoxy) is 1. The highest BCUT2D eigenvalue weighted by molar-refractivity contribution is 5.86. The van der Waals surface area contributed by atoms with Crippen LogP contribution in [0.5, 0.6) is 0 Å². The lowest BCUT2D eigenvalue weighted by atomic mass is 9.98. The first-order chi connectivity index (χ1) is 20.4. The number of carbonyl (C=O) groups is 3. The summed E-state index contributed by atoms with van der Waals surface area (Å²) in [7, 11) is 1.87. The monoisotopic (exact) mass is 568 g/mol. The average molecular weight is 569 g/mol. The molecule has 2 amide bonds. The quantitative estimate of drug-likeness (QED) is 0.237. The predicted octanol–water partition coefficient (Wildman–Crippen LogP) is 3.02. The van der Waals surface area contributed by atoms with Crippen LogP contribution >= 0.6 is 0 Å². The van der Waals surface area contributed by atoms with Gasteiger partial charge < -0.3 is 20.5 Å². The minimum Gasteiger partial charge on any atom is -0.480 e. The Balaban J connectivity index is 1.24. The van der Waals surface area contributed by atoms with Gasteiger partial charge in [-0.3, -0.25) is 14.5 Å². The third-order valence-corrected chi connectivity index (χ3v) is 7.07. The molecule has 11 nitrogen and oxygen atoms in total. The van der Waals surface area contributed by atoms with Crippen LogP contribution in [0.4, 0.5) is 4.79 Å². The highest BCUT2D eigenvalue weighted by atomic mass is 16.5. The van der Waals surface area contributed by atoms with Crippen LogP contribution in [0.2, 0.25) is 0 Å². The fourth-order valence-electron chi connectivity index (χ4n) is 5.18. The van der Waals surface area contributed by atoms with Crippen LogP contribution in [0.3, 0.4) is 0 Å². The minimum atomic E-state index is -1.05. The molecule has 1 aliphatic carbocycles. The molecule has 1 atom stereocenters. The molecule has 0 bridgehead atoms. The van der Waals surface area contributed by atoms with E-state index in [1.807, 2.05) is 78.7 Å². The Morgan fingerprint density at radius 1 is 0.976 bits per heavy atom. The first kappa shape index (κ1) is 28.5. The first-order valence-electron chi connectivity index (χ1n) is 13.6. The van der Waals surface area contributed by atoms with Crippen LogP contribution in [-0.4, -0.2) is 69.2 Å². The molecule has 1 aliphatic rings. The Morgan fingerprint density at radius 2 is 1.62 bits per heavy atom. The summed E-state index contributed by atoms with van der Waals surface area (Å²) in [5.74, 6) is -1.59. The number of alkyl carbamates (subject to hydrolysis) is 1. The zero-order chi connectivity index (χ0) is 29.5. The molecule has 4 aromatic rings. The van der Waals surface area contributed by atoms with E-state index in [2.05, 4.69) is 33.1 Å². The second-order valence-electron chi connectivity index (χ2n) is 10.2. The zero-order valence-corrected chi connectivity index (χ0v) is 23.1. The summed E-state index contributed by atoms with van der Waals surface area (Å²) in [5, 5.41) is 22.1. The number of carboxylic acids is 1. The molecule has 3 N–H and O–H groups in total. The number of aliphatic carboxylic acids is 1. The van der Waals surface area contributed by atoms with Gasteiger partial charge in [-0.15, -0.1) is 5.10 Å². The highest BCUT2D eigenvalue weighted by Crippen LogP contribution is 2.44. The number of aromatic nitrogens is 3. The molecule has 3 aromatic carbocycles. The second-order valence-corrected chi connectivity index (χ2v) is 10.2. The molecule has 1 unspecified atom stereocenters. The van der Waals surface area contributed by atoms with E-state index in [0.29, 0.717) is 12.2 Å². The van der Waals surface area contributed by atoms with Gasteiger partial charge in [0.25, 0.3) is 0 Å². The molecular formula is C31H32N6O5. The highest BCUT2D eigenvalue weighted by Gasteiger charge is 2.30. The molecule has 11 heteroatoms. The molecule has 42 heavy (non-hydrogen) atoms. The number of nitrogens with zero attached hydrogens (tertiary/aromatic N) is 4. The summed E-state index contributed by atoms with van der Waals surface area (Å²) in [6.07, 6.45) is 0.752. The Hall–Kier alpha value is -5.03. The summed E-state index contributed by atoms with van der Waals surface area (Å²) < 4.78 is 6.86. The van der Waals surface area contributed by atoms with Gasteiger partial charge >= 0.3 is 12.1 Å². The third-order valence-electron chi connectivity index (χ3n) is 7.07. The van der Waals surface area contributed by atoms with Crippen LogP contribution in [-0.2, 0) is 34.0 Å². The van der Waals surface area contributed by atoms with Crippen molar-refractivity contribution in [3.8, 4) is 11.1 Å². The van der Waals surface area contributed by atoms with Crippen molar-refractivity contribution in [2.75, 3.05) is 20.2 Å². The van der Waals surface area contributed by atoms with Gasteiger partial charge in [0, 0.05) is 19.0 Å². The van der Waals surface area contributed by atoms with Crippen molar-refractivity contribution in [1.82, 2.24) is 30.5 Å². The fourth-order valence-corrected chi connectivity index (χ4v) is 5.18. The van der Waals surface area contributed by atoms with Crippen LogP contribution in [0, 0.1) is 0 Å². The van der Waals surface area contributed by atoms with Crippen molar-refractivity contribution in [2.24, 2.45) is 0 Å². The number of benzene rings is 3. The maximum atomic E-state index is 13.3. The predicted molar refractivity (Wildman–Crippen MR) is 154 cm³/mol. The number of hydrogen-bond donors (Lipinski definition) is 3. The number of carboxylic acid groups (broad SMARTS) is 1. The van der Waals surface area contributed by atoms with Crippen LogP contribution in [0.1, 0.15) is 28.3 Å². The lowest BCUT2D eigenvalue weighted by Crippen LogP contribution is -2.52. The van der Waals surface area contributed by atoms with Crippen LogP contribution < -0.4 is 10.6 Å². The van der Waals surface area contributed by atoms with E-state index in [0.717, 1.165) is 27.8 Å². The SMILES string of the molecule is CN(Cc1ccccc1)CC(NC(=O)OCC1c2ccccc2-c2ccccc21)C(=O)NCc1cn(CC(=O)O)nn1. The van der Waals surface area contributed by atoms with Crippen LogP contribution in [0.25, 0.3) is 11.1 Å². The van der Waals surface area contributed by atoms with Gasteiger partial charge in [-0.2, -0.15) is 0 Å². The molecule has 1 aromatic heterocycles. The molecule has 0 saturated carbocycles. The van der Waals surface area contributed by atoms with E-state index in [4.69, 9.17) is 9.84 Å². The first-order valence-corrected chi connectivity index (χ1v) is 13.6. The van der Waals surface area contributed by atoms with E-state index in [-0.39, 0.29) is 32.2 Å². The van der Waals surface area contributed by atoms with Crippen molar-refractivity contribution in [3.63, 3.8) is 0 Å². The van der Waals surface area contributed by atoms with Gasteiger partial charge in [-0.05, 0) is 34.9 Å². The largest absolute Gasteiger partial charge is 0.480 e. The number of hydrogen-bond acceptors (Lipinski definition) is 7. The summed E-state index contributed by atoms with van der Waals surface area (Å²) in [6.45, 7) is 0.596. The topological polar surface area (TPSA) is 139 Å². The van der Waals surface area contributed by atoms with Gasteiger partial charge in [-0.25, -0.2) is 9.48 Å². The normalized spacial score (nSPS) is 12.8. The molecule has 5 rings (SSSR count). The summed E-state index contributed by atoms with van der Waals surface area (Å²) in [4.78, 5) is 39.2. The van der Waals surface area contributed by atoms with E-state index < -0.39 is 24.0 Å². The van der Waals surface area contributed by atoms with Gasteiger partial charge in [0.1, 0.15) is 24.9 Å². The average Bonchev–Trinajstić information content (AvgIpc) is 3.56. The fraction of sp³-hybridized carbons (Fsp3) is 0.258. The Bertz CT molecular complexity index is 1510. The molecule has 0 fully saturated rings. The van der Waals surface area contributed by atoms with Crippen molar-refractivity contribution in [3.05, 3.63) is 107 Å². The van der Waals surface area contributed by atoms with Gasteiger partial charge in [0.15, 0.2) is 0 Å². The molecule has 1 heterocycles. The Labute approximate surface area is 243 Å². The lowest BCUT2D eigenvalue weighted by Gasteiger charge is -2.24. The Morgan fingerprint density at radius 3 is 2.29 bits per heavy atom. The van der Waals surface area contributed by atoms with E-state index in [1.165, 1.54) is 10.9 Å². The zero-order valence-electron chi connectivity index (χ0n) is 23.1. The molecule has 0 aliphatic heterocycles. The lowest BCUT2D eigenvalue weighted by molar-refractivity contribution is -0.138. The van der Waals surface area contributed by atoms with Gasteiger partial charge in [0.05, 0.1) is 12.7 Å². The molecule has 0 spiro atoms. The molecule has 216 valence electrons. The number of fused-ring (bicyclic) bond motifs is 3. The smallest absolute Gasteiger partial charge is 0.407 e. The van der Waals surface area contributed by atoms with Gasteiger partial charge in [-0.1, -0.05) is 84.1 Å². The van der Waals surface area contributed by atoms with Crippen molar-refractivity contribution in [2.45, 2.75) is 31.6 Å². The number of amides is 2. The van der Waals surface area contributed by atoms with Crippen LogP contribution in [0.15, 0.2) is 85.1 Å². The second kappa shape index (κ2) is 13.1. The van der Waals surface area contributed by atoms with Gasteiger partial charge in [0.2, 0.25) is 5.91 Å². The van der Waals surface area contributed by atoms with Crippen molar-refractivity contribution < 1.29 is 24.2 Å². The molecular weight excluding hydrogens is 536 g/mol. The number of nitrogens with one attached hydrogen (secondary N) is 2. The molecule has 0 saturated heterocycles. The summed E-state index contributed by atoms with van der Waals surface area (Å²) in [6, 6.07) is 25.0. The minimum absolute atomic E-state index is 0.0176. The summed E-state index contributed by atoms with van der Waals surface area (Å²) in [5.41, 5.74) is 5.90. The van der Waals surface area contributed by atoms with E-state index in [1.54, 1.807) is 0 Å². The Kier molecular flexibility index (Phi) is 8.88. The maximum absolute atomic E-state index is 13.3. The van der Waals surface area contributed by atoms with E-state index >= 15 is 0 Å². The number of carbonyl (C=O) groups excluding carboxylic acids is 2.